The Kier molecular flexibility index (Phi) is 6.91. The number of benzene rings is 2. The Labute approximate surface area is 152 Å². The number of ether oxygens (including phenoxy) is 1. The van der Waals surface area contributed by atoms with Crippen LogP contribution in [0.5, 0.6) is 5.75 Å². The van der Waals surface area contributed by atoms with Gasteiger partial charge in [-0.05, 0) is 56.5 Å². The topological polar surface area (TPSA) is 29.5 Å². The molecule has 0 aromatic heterocycles. The second-order valence-electron chi connectivity index (χ2n) is 5.13. The van der Waals surface area contributed by atoms with E-state index in [9.17, 15) is 9.18 Å². The summed E-state index contributed by atoms with van der Waals surface area (Å²) in [7, 11) is 0. The van der Waals surface area contributed by atoms with Crippen LogP contribution in [-0.4, -0.2) is 30.3 Å². The lowest BCUT2D eigenvalue weighted by atomic mass is 10.1. The Morgan fingerprint density at radius 2 is 1.80 bits per heavy atom. The SMILES string of the molecule is CCN(CC)C(=O)Oc1cccc(SC)c1C#Cc1ccc(F)cc1. The summed E-state index contributed by atoms with van der Waals surface area (Å²) < 4.78 is 18.6. The lowest BCUT2D eigenvalue weighted by Gasteiger charge is -2.18. The van der Waals surface area contributed by atoms with Crippen molar-refractivity contribution in [3.05, 3.63) is 59.4 Å². The van der Waals surface area contributed by atoms with E-state index in [1.165, 1.54) is 23.9 Å². The Balaban J connectivity index is 2.36. The van der Waals surface area contributed by atoms with Crippen LogP contribution in [0, 0.1) is 17.7 Å². The first-order chi connectivity index (χ1) is 12.1. The van der Waals surface area contributed by atoms with Crippen LogP contribution in [0.15, 0.2) is 47.4 Å². The molecule has 0 radical (unpaired) electrons. The summed E-state index contributed by atoms with van der Waals surface area (Å²) in [6, 6.07) is 11.5. The van der Waals surface area contributed by atoms with Crippen molar-refractivity contribution in [1.29, 1.82) is 0 Å². The van der Waals surface area contributed by atoms with Gasteiger partial charge in [0.1, 0.15) is 11.6 Å². The molecule has 0 saturated heterocycles. The first kappa shape index (κ1) is 18.9. The predicted octanol–water partition coefficient (Wildman–Crippen LogP) is 4.79. The molecule has 0 heterocycles. The zero-order valence-corrected chi connectivity index (χ0v) is 15.3. The Hall–Kier alpha value is -2.45. The van der Waals surface area contributed by atoms with Crippen LogP contribution in [0.3, 0.4) is 0 Å². The van der Waals surface area contributed by atoms with Crippen molar-refractivity contribution >= 4 is 17.9 Å². The monoisotopic (exact) mass is 357 g/mol. The van der Waals surface area contributed by atoms with Crippen LogP contribution in [0.1, 0.15) is 25.0 Å². The average Bonchev–Trinajstić information content (AvgIpc) is 2.62. The first-order valence-corrected chi connectivity index (χ1v) is 9.22. The van der Waals surface area contributed by atoms with Crippen molar-refractivity contribution in [3.8, 4) is 17.6 Å². The van der Waals surface area contributed by atoms with Gasteiger partial charge in [0.2, 0.25) is 0 Å². The molecule has 0 atom stereocenters. The molecule has 0 aliphatic heterocycles. The summed E-state index contributed by atoms with van der Waals surface area (Å²) in [4.78, 5) is 14.8. The lowest BCUT2D eigenvalue weighted by Crippen LogP contribution is -2.33. The van der Waals surface area contributed by atoms with Gasteiger partial charge >= 0.3 is 6.09 Å². The molecule has 2 rings (SSSR count). The number of amides is 1. The fourth-order valence-electron chi connectivity index (χ4n) is 2.20. The molecule has 0 bridgehead atoms. The quantitative estimate of drug-likeness (QED) is 0.582. The Bertz CT molecular complexity index is 790. The van der Waals surface area contributed by atoms with E-state index < -0.39 is 6.09 Å². The van der Waals surface area contributed by atoms with Crippen LogP contribution >= 0.6 is 11.8 Å². The van der Waals surface area contributed by atoms with Crippen molar-refractivity contribution in [3.63, 3.8) is 0 Å². The molecule has 2 aromatic carbocycles. The maximum absolute atomic E-state index is 13.0. The normalized spacial score (nSPS) is 9.92. The highest BCUT2D eigenvalue weighted by Crippen LogP contribution is 2.28. The van der Waals surface area contributed by atoms with E-state index in [0.717, 1.165) is 4.90 Å². The van der Waals surface area contributed by atoms with E-state index in [-0.39, 0.29) is 5.82 Å². The van der Waals surface area contributed by atoms with Gasteiger partial charge in [0.25, 0.3) is 0 Å². The van der Waals surface area contributed by atoms with Gasteiger partial charge in [0, 0.05) is 23.5 Å². The minimum absolute atomic E-state index is 0.302. The summed E-state index contributed by atoms with van der Waals surface area (Å²) in [5.41, 5.74) is 1.35. The molecule has 25 heavy (non-hydrogen) atoms. The number of rotatable bonds is 4. The van der Waals surface area contributed by atoms with Gasteiger partial charge in [0.05, 0.1) is 5.56 Å². The van der Waals surface area contributed by atoms with Gasteiger partial charge in [-0.1, -0.05) is 17.9 Å². The minimum Gasteiger partial charge on any atom is -0.409 e. The van der Waals surface area contributed by atoms with Crippen molar-refractivity contribution < 1.29 is 13.9 Å². The van der Waals surface area contributed by atoms with Gasteiger partial charge < -0.3 is 9.64 Å². The van der Waals surface area contributed by atoms with E-state index in [4.69, 9.17) is 4.74 Å². The standard InChI is InChI=1S/C20H20FNO2S/c1-4-22(5-2)20(23)24-18-7-6-8-19(25-3)17(18)14-11-15-9-12-16(21)13-10-15/h6-10,12-13H,4-5H2,1-3H3. The maximum atomic E-state index is 13.0. The molecule has 130 valence electrons. The maximum Gasteiger partial charge on any atom is 0.415 e. The molecule has 0 fully saturated rings. The van der Waals surface area contributed by atoms with Gasteiger partial charge in [-0.25, -0.2) is 9.18 Å². The van der Waals surface area contributed by atoms with E-state index in [1.807, 2.05) is 32.2 Å². The zero-order valence-electron chi connectivity index (χ0n) is 14.5. The number of thioether (sulfide) groups is 1. The highest BCUT2D eigenvalue weighted by Gasteiger charge is 2.15. The van der Waals surface area contributed by atoms with E-state index in [1.54, 1.807) is 23.1 Å². The summed E-state index contributed by atoms with van der Waals surface area (Å²) in [6.07, 6.45) is 1.54. The molecule has 0 unspecified atom stereocenters. The number of hydrogen-bond acceptors (Lipinski definition) is 3. The molecule has 5 heteroatoms. The highest BCUT2D eigenvalue weighted by atomic mass is 32.2. The van der Waals surface area contributed by atoms with Gasteiger partial charge in [-0.2, -0.15) is 0 Å². The number of nitrogens with zero attached hydrogens (tertiary/aromatic N) is 1. The second-order valence-corrected chi connectivity index (χ2v) is 5.98. The third-order valence-corrected chi connectivity index (χ3v) is 4.38. The van der Waals surface area contributed by atoms with Crippen molar-refractivity contribution in [2.75, 3.05) is 19.3 Å². The molecule has 0 spiro atoms. The first-order valence-electron chi connectivity index (χ1n) is 8.00. The molecule has 0 N–H and O–H groups in total. The van der Waals surface area contributed by atoms with Crippen LogP contribution in [-0.2, 0) is 0 Å². The van der Waals surface area contributed by atoms with E-state index in [2.05, 4.69) is 11.8 Å². The third kappa shape index (κ3) is 5.01. The van der Waals surface area contributed by atoms with Gasteiger partial charge in [0.15, 0.2) is 0 Å². The third-order valence-electron chi connectivity index (χ3n) is 3.60. The molecule has 0 saturated carbocycles. The molecule has 3 nitrogen and oxygen atoms in total. The Morgan fingerprint density at radius 3 is 2.40 bits per heavy atom. The molecule has 2 aromatic rings. The van der Waals surface area contributed by atoms with Crippen molar-refractivity contribution in [2.24, 2.45) is 0 Å². The summed E-state index contributed by atoms with van der Waals surface area (Å²) in [5, 5.41) is 0. The summed E-state index contributed by atoms with van der Waals surface area (Å²) >= 11 is 1.53. The fourth-order valence-corrected chi connectivity index (χ4v) is 2.77. The zero-order chi connectivity index (χ0) is 18.2. The van der Waals surface area contributed by atoms with Crippen LogP contribution in [0.4, 0.5) is 9.18 Å². The predicted molar refractivity (Wildman–Crippen MR) is 99.5 cm³/mol. The summed E-state index contributed by atoms with van der Waals surface area (Å²) in [5.74, 6) is 6.19. The van der Waals surface area contributed by atoms with Crippen LogP contribution in [0.2, 0.25) is 0 Å². The molecule has 1 amide bonds. The second kappa shape index (κ2) is 9.14. The lowest BCUT2D eigenvalue weighted by molar-refractivity contribution is 0.157. The fraction of sp³-hybridized carbons (Fsp3) is 0.250. The highest BCUT2D eigenvalue weighted by molar-refractivity contribution is 7.98. The Morgan fingerprint density at radius 1 is 1.12 bits per heavy atom. The van der Waals surface area contributed by atoms with Crippen molar-refractivity contribution in [1.82, 2.24) is 4.90 Å². The van der Waals surface area contributed by atoms with Gasteiger partial charge in [-0.3, -0.25) is 0 Å². The van der Waals surface area contributed by atoms with Crippen LogP contribution < -0.4 is 4.74 Å². The number of carbonyl (C=O) groups excluding carboxylic acids is 1. The van der Waals surface area contributed by atoms with Crippen LogP contribution in [0.25, 0.3) is 0 Å². The molecular formula is C20H20FNO2S. The smallest absolute Gasteiger partial charge is 0.409 e. The number of halogens is 1. The number of hydrogen-bond donors (Lipinski definition) is 0. The molecular weight excluding hydrogens is 337 g/mol. The van der Waals surface area contributed by atoms with Crippen molar-refractivity contribution in [2.45, 2.75) is 18.7 Å². The summed E-state index contributed by atoms with van der Waals surface area (Å²) in [6.45, 7) is 4.96. The van der Waals surface area contributed by atoms with E-state index >= 15 is 0 Å². The molecule has 0 aliphatic rings. The van der Waals surface area contributed by atoms with Gasteiger partial charge in [-0.15, -0.1) is 11.8 Å². The molecule has 0 aliphatic carbocycles. The largest absolute Gasteiger partial charge is 0.415 e. The minimum atomic E-state index is -0.395. The number of carbonyl (C=O) groups is 1. The van der Waals surface area contributed by atoms with E-state index in [0.29, 0.717) is 30.0 Å². The average molecular weight is 357 g/mol.